The molecule has 0 radical (unpaired) electrons. The van der Waals surface area contributed by atoms with Crippen LogP contribution in [0.25, 0.3) is 0 Å². The van der Waals surface area contributed by atoms with Gasteiger partial charge in [0.1, 0.15) is 6.04 Å². The van der Waals surface area contributed by atoms with E-state index in [4.69, 9.17) is 5.73 Å². The molecule has 0 spiro atoms. The number of benzene rings is 2. The van der Waals surface area contributed by atoms with Gasteiger partial charge in [-0.25, -0.2) is 8.42 Å². The number of hydrogen-bond acceptors (Lipinski definition) is 3. The Balaban J connectivity index is 2.01. The predicted octanol–water partition coefficient (Wildman–Crippen LogP) is 2.59. The Kier molecular flexibility index (Phi) is 4.67. The van der Waals surface area contributed by atoms with Gasteiger partial charge >= 0.3 is 0 Å². The van der Waals surface area contributed by atoms with Crippen LogP contribution in [0.15, 0.2) is 53.4 Å². The number of nitrogens with two attached hydrogens (primary N) is 1. The highest BCUT2D eigenvalue weighted by atomic mass is 32.2. The van der Waals surface area contributed by atoms with Crippen molar-refractivity contribution in [3.05, 3.63) is 65.2 Å². The standard InChI is InChI=1S/C20H24N2O3S/c1-20(2,3)16-8-10-17(11-9-16)26(24,25)22-13-15-7-5-4-6-14(15)12-18(22)19(21)23/h4-11,18H,12-13H2,1-3H3,(H2,21,23). The van der Waals surface area contributed by atoms with Gasteiger partial charge in [-0.05, 0) is 40.7 Å². The number of sulfonamides is 1. The van der Waals surface area contributed by atoms with Gasteiger partial charge in [0.25, 0.3) is 0 Å². The Bertz CT molecular complexity index is 928. The number of amides is 1. The summed E-state index contributed by atoms with van der Waals surface area (Å²) in [7, 11) is -3.83. The molecule has 1 aliphatic heterocycles. The van der Waals surface area contributed by atoms with E-state index in [1.54, 1.807) is 12.1 Å². The van der Waals surface area contributed by atoms with Crippen LogP contribution in [0.1, 0.15) is 37.5 Å². The Morgan fingerprint density at radius 3 is 2.15 bits per heavy atom. The summed E-state index contributed by atoms with van der Waals surface area (Å²) in [6.45, 7) is 6.36. The molecule has 0 bridgehead atoms. The molecule has 26 heavy (non-hydrogen) atoms. The average molecular weight is 372 g/mol. The first kappa shape index (κ1) is 18.6. The molecule has 1 heterocycles. The quantitative estimate of drug-likeness (QED) is 0.899. The molecule has 0 aromatic heterocycles. The zero-order valence-electron chi connectivity index (χ0n) is 15.3. The lowest BCUT2D eigenvalue weighted by Crippen LogP contribution is -2.51. The van der Waals surface area contributed by atoms with E-state index in [2.05, 4.69) is 20.8 Å². The zero-order chi connectivity index (χ0) is 19.1. The van der Waals surface area contributed by atoms with Crippen molar-refractivity contribution in [3.63, 3.8) is 0 Å². The van der Waals surface area contributed by atoms with E-state index in [1.807, 2.05) is 36.4 Å². The van der Waals surface area contributed by atoms with Gasteiger partial charge in [0.2, 0.25) is 15.9 Å². The molecule has 2 N–H and O–H groups in total. The smallest absolute Gasteiger partial charge is 0.244 e. The van der Waals surface area contributed by atoms with Gasteiger partial charge in [-0.15, -0.1) is 0 Å². The predicted molar refractivity (Wildman–Crippen MR) is 101 cm³/mol. The second-order valence-electron chi connectivity index (χ2n) is 7.72. The molecular formula is C20H24N2O3S. The van der Waals surface area contributed by atoms with Crippen LogP contribution in [0.2, 0.25) is 0 Å². The highest BCUT2D eigenvalue weighted by Gasteiger charge is 2.38. The molecule has 1 aliphatic rings. The minimum absolute atomic E-state index is 0.0673. The summed E-state index contributed by atoms with van der Waals surface area (Å²) in [6, 6.07) is 13.5. The van der Waals surface area contributed by atoms with Gasteiger partial charge in [-0.1, -0.05) is 57.2 Å². The first-order valence-electron chi connectivity index (χ1n) is 8.59. The highest BCUT2D eigenvalue weighted by Crippen LogP contribution is 2.30. The fourth-order valence-corrected chi connectivity index (χ4v) is 4.83. The molecule has 5 nitrogen and oxygen atoms in total. The van der Waals surface area contributed by atoms with Crippen molar-refractivity contribution in [2.24, 2.45) is 5.73 Å². The Morgan fingerprint density at radius 1 is 1.04 bits per heavy atom. The van der Waals surface area contributed by atoms with E-state index in [0.29, 0.717) is 6.42 Å². The number of primary amides is 1. The van der Waals surface area contributed by atoms with Crippen LogP contribution in [-0.4, -0.2) is 24.7 Å². The van der Waals surface area contributed by atoms with E-state index < -0.39 is 22.0 Å². The van der Waals surface area contributed by atoms with Crippen LogP contribution < -0.4 is 5.73 Å². The van der Waals surface area contributed by atoms with Crippen molar-refractivity contribution in [2.75, 3.05) is 0 Å². The number of hydrogen-bond donors (Lipinski definition) is 1. The molecular weight excluding hydrogens is 348 g/mol. The third-order valence-corrected chi connectivity index (χ3v) is 6.73. The summed E-state index contributed by atoms with van der Waals surface area (Å²) >= 11 is 0. The minimum atomic E-state index is -3.83. The number of nitrogens with zero attached hydrogens (tertiary/aromatic N) is 1. The highest BCUT2D eigenvalue weighted by molar-refractivity contribution is 7.89. The number of carbonyl (C=O) groups excluding carboxylic acids is 1. The molecule has 2 aromatic rings. The molecule has 138 valence electrons. The second kappa shape index (κ2) is 6.52. The minimum Gasteiger partial charge on any atom is -0.368 e. The van der Waals surface area contributed by atoms with Crippen LogP contribution in [0.4, 0.5) is 0 Å². The van der Waals surface area contributed by atoms with Gasteiger partial charge in [0, 0.05) is 6.54 Å². The topological polar surface area (TPSA) is 80.5 Å². The van der Waals surface area contributed by atoms with Crippen LogP contribution in [0, 0.1) is 0 Å². The van der Waals surface area contributed by atoms with Crippen LogP contribution in [0.5, 0.6) is 0 Å². The fraction of sp³-hybridized carbons (Fsp3) is 0.350. The molecule has 0 saturated carbocycles. The Morgan fingerprint density at radius 2 is 1.62 bits per heavy atom. The van der Waals surface area contributed by atoms with Gasteiger partial charge in [-0.3, -0.25) is 4.79 Å². The van der Waals surface area contributed by atoms with E-state index in [1.165, 1.54) is 4.31 Å². The van der Waals surface area contributed by atoms with Crippen molar-refractivity contribution in [1.29, 1.82) is 0 Å². The first-order valence-corrected chi connectivity index (χ1v) is 10.0. The Labute approximate surface area is 154 Å². The lowest BCUT2D eigenvalue weighted by atomic mass is 9.87. The first-order chi connectivity index (χ1) is 12.1. The maximum Gasteiger partial charge on any atom is 0.244 e. The van der Waals surface area contributed by atoms with Crippen LogP contribution in [-0.2, 0) is 33.2 Å². The summed E-state index contributed by atoms with van der Waals surface area (Å²) < 4.78 is 27.6. The SMILES string of the molecule is CC(C)(C)c1ccc(S(=O)(=O)N2Cc3ccccc3CC2C(N)=O)cc1. The van der Waals surface area contributed by atoms with Crippen molar-refractivity contribution in [1.82, 2.24) is 4.31 Å². The van der Waals surface area contributed by atoms with Gasteiger partial charge < -0.3 is 5.73 Å². The van der Waals surface area contributed by atoms with Gasteiger partial charge in [-0.2, -0.15) is 4.31 Å². The molecule has 6 heteroatoms. The molecule has 2 aromatic carbocycles. The van der Waals surface area contributed by atoms with E-state index in [0.717, 1.165) is 16.7 Å². The van der Waals surface area contributed by atoms with Crippen molar-refractivity contribution < 1.29 is 13.2 Å². The summed E-state index contributed by atoms with van der Waals surface area (Å²) in [5.41, 5.74) is 8.37. The Hall–Kier alpha value is -2.18. The van der Waals surface area contributed by atoms with E-state index >= 15 is 0 Å². The van der Waals surface area contributed by atoms with Crippen molar-refractivity contribution >= 4 is 15.9 Å². The summed E-state index contributed by atoms with van der Waals surface area (Å²) in [6.07, 6.45) is 0.296. The van der Waals surface area contributed by atoms with Crippen LogP contribution in [0.3, 0.4) is 0 Å². The lowest BCUT2D eigenvalue weighted by molar-refractivity contribution is -0.122. The van der Waals surface area contributed by atoms with E-state index in [9.17, 15) is 13.2 Å². The number of carbonyl (C=O) groups is 1. The molecule has 1 unspecified atom stereocenters. The van der Waals surface area contributed by atoms with Gasteiger partial charge in [0.05, 0.1) is 4.90 Å². The summed E-state index contributed by atoms with van der Waals surface area (Å²) in [5, 5.41) is 0. The largest absolute Gasteiger partial charge is 0.368 e. The average Bonchev–Trinajstić information content (AvgIpc) is 2.60. The maximum absolute atomic E-state index is 13.2. The molecule has 1 atom stereocenters. The number of rotatable bonds is 3. The summed E-state index contributed by atoms with van der Waals surface area (Å²) in [5.74, 6) is -0.630. The number of fused-ring (bicyclic) bond motifs is 1. The second-order valence-corrected chi connectivity index (χ2v) is 9.61. The molecule has 0 saturated heterocycles. The molecule has 0 aliphatic carbocycles. The third-order valence-electron chi connectivity index (χ3n) is 4.86. The monoisotopic (exact) mass is 372 g/mol. The van der Waals surface area contributed by atoms with Gasteiger partial charge in [0.15, 0.2) is 0 Å². The summed E-state index contributed by atoms with van der Waals surface area (Å²) in [4.78, 5) is 12.1. The van der Waals surface area contributed by atoms with E-state index in [-0.39, 0.29) is 16.9 Å². The molecule has 3 rings (SSSR count). The fourth-order valence-electron chi connectivity index (χ4n) is 3.26. The van der Waals surface area contributed by atoms with Crippen LogP contribution >= 0.6 is 0 Å². The van der Waals surface area contributed by atoms with Crippen molar-refractivity contribution in [2.45, 2.75) is 50.1 Å². The lowest BCUT2D eigenvalue weighted by Gasteiger charge is -2.34. The zero-order valence-corrected chi connectivity index (χ0v) is 16.1. The normalized spacial score (nSPS) is 18.3. The third kappa shape index (κ3) is 3.39. The maximum atomic E-state index is 13.2. The molecule has 1 amide bonds. The van der Waals surface area contributed by atoms with Crippen molar-refractivity contribution in [3.8, 4) is 0 Å². The molecule has 0 fully saturated rings.